The molecule has 1 N–H and O–H groups in total. The Labute approximate surface area is 105 Å². The minimum Gasteiger partial charge on any atom is -0.390 e. The van der Waals surface area contributed by atoms with Gasteiger partial charge >= 0.3 is 0 Å². The van der Waals surface area contributed by atoms with E-state index >= 15 is 0 Å². The number of rotatable bonds is 0. The first kappa shape index (κ1) is 12.0. The standard InChI is InChI=1S/C15H26O2/c1-10-5-7-14(4)8-6-11-9-15(14,12(10)16)17-13(11,2)3/h10-12,16H,5-9H2,1-4H3/t10-,11-,12+,14-,15+/m0/s1. The van der Waals surface area contributed by atoms with Gasteiger partial charge in [-0.15, -0.1) is 0 Å². The van der Waals surface area contributed by atoms with E-state index in [0.717, 1.165) is 12.8 Å². The molecule has 1 aliphatic heterocycles. The van der Waals surface area contributed by atoms with Crippen LogP contribution >= 0.6 is 0 Å². The van der Waals surface area contributed by atoms with Crippen molar-refractivity contribution in [2.75, 3.05) is 0 Å². The maximum absolute atomic E-state index is 10.7. The molecule has 0 aromatic heterocycles. The molecule has 2 nitrogen and oxygen atoms in total. The Morgan fingerprint density at radius 1 is 1.12 bits per heavy atom. The molecular weight excluding hydrogens is 212 g/mol. The van der Waals surface area contributed by atoms with Gasteiger partial charge in [-0.1, -0.05) is 13.8 Å². The zero-order chi connectivity index (χ0) is 12.5. The van der Waals surface area contributed by atoms with E-state index in [2.05, 4.69) is 27.7 Å². The van der Waals surface area contributed by atoms with Gasteiger partial charge in [-0.05, 0) is 63.2 Å². The summed E-state index contributed by atoms with van der Waals surface area (Å²) >= 11 is 0. The van der Waals surface area contributed by atoms with E-state index in [-0.39, 0.29) is 22.7 Å². The fourth-order valence-corrected chi connectivity index (χ4v) is 4.77. The third-order valence-corrected chi connectivity index (χ3v) is 6.21. The van der Waals surface area contributed by atoms with Crippen molar-refractivity contribution in [2.24, 2.45) is 17.3 Å². The van der Waals surface area contributed by atoms with Crippen molar-refractivity contribution < 1.29 is 9.84 Å². The van der Waals surface area contributed by atoms with Crippen LogP contribution in [-0.2, 0) is 4.74 Å². The van der Waals surface area contributed by atoms with Crippen molar-refractivity contribution in [1.29, 1.82) is 0 Å². The molecular formula is C15H26O2. The van der Waals surface area contributed by atoms with Crippen molar-refractivity contribution in [1.82, 2.24) is 0 Å². The van der Waals surface area contributed by atoms with Crippen LogP contribution in [0.25, 0.3) is 0 Å². The largest absolute Gasteiger partial charge is 0.390 e. The zero-order valence-corrected chi connectivity index (χ0v) is 11.6. The Balaban J connectivity index is 2.05. The van der Waals surface area contributed by atoms with Crippen LogP contribution in [0, 0.1) is 17.3 Å². The average Bonchev–Trinajstić information content (AvgIpc) is 2.49. The third kappa shape index (κ3) is 1.34. The highest BCUT2D eigenvalue weighted by Crippen LogP contribution is 2.64. The van der Waals surface area contributed by atoms with Gasteiger partial charge in [0.25, 0.3) is 0 Å². The molecule has 2 heteroatoms. The first-order valence-electron chi connectivity index (χ1n) is 7.19. The molecule has 3 aliphatic rings. The van der Waals surface area contributed by atoms with Crippen LogP contribution < -0.4 is 0 Å². The summed E-state index contributed by atoms with van der Waals surface area (Å²) in [5.74, 6) is 1.02. The van der Waals surface area contributed by atoms with Crippen LogP contribution in [0.3, 0.4) is 0 Å². The second-order valence-electron chi connectivity index (χ2n) is 7.56. The molecule has 5 atom stereocenters. The summed E-state index contributed by atoms with van der Waals surface area (Å²) in [4.78, 5) is 0. The molecule has 0 aromatic rings. The van der Waals surface area contributed by atoms with Gasteiger partial charge in [0.15, 0.2) is 0 Å². The summed E-state index contributed by atoms with van der Waals surface area (Å²) in [7, 11) is 0. The molecule has 98 valence electrons. The van der Waals surface area contributed by atoms with Gasteiger partial charge in [0.05, 0.1) is 11.7 Å². The number of aliphatic hydroxyl groups excluding tert-OH is 1. The van der Waals surface area contributed by atoms with Gasteiger partial charge < -0.3 is 9.84 Å². The van der Waals surface area contributed by atoms with Gasteiger partial charge in [-0.3, -0.25) is 0 Å². The van der Waals surface area contributed by atoms with Crippen LogP contribution in [0.1, 0.15) is 59.8 Å². The van der Waals surface area contributed by atoms with Gasteiger partial charge in [0.1, 0.15) is 5.60 Å². The first-order chi connectivity index (χ1) is 7.81. The summed E-state index contributed by atoms with van der Waals surface area (Å²) in [5, 5.41) is 10.7. The van der Waals surface area contributed by atoms with Crippen molar-refractivity contribution in [3.8, 4) is 0 Å². The minimum atomic E-state index is -0.272. The Morgan fingerprint density at radius 2 is 1.76 bits per heavy atom. The Morgan fingerprint density at radius 3 is 2.47 bits per heavy atom. The fraction of sp³-hybridized carbons (Fsp3) is 1.00. The minimum absolute atomic E-state index is 0.0458. The number of fused-ring (bicyclic) bond motifs is 1. The van der Waals surface area contributed by atoms with Crippen LogP contribution in [0.15, 0.2) is 0 Å². The quantitative estimate of drug-likeness (QED) is 0.702. The lowest BCUT2D eigenvalue weighted by Crippen LogP contribution is -2.61. The maximum atomic E-state index is 10.7. The van der Waals surface area contributed by atoms with E-state index in [1.54, 1.807) is 0 Å². The van der Waals surface area contributed by atoms with Crippen LogP contribution in [0.4, 0.5) is 0 Å². The molecule has 2 aliphatic carbocycles. The van der Waals surface area contributed by atoms with Crippen molar-refractivity contribution in [3.63, 3.8) is 0 Å². The smallest absolute Gasteiger partial charge is 0.101 e. The Hall–Kier alpha value is -0.0800. The molecule has 1 spiro atoms. The molecule has 2 saturated carbocycles. The monoisotopic (exact) mass is 238 g/mol. The average molecular weight is 238 g/mol. The lowest BCUT2D eigenvalue weighted by atomic mass is 9.53. The summed E-state index contributed by atoms with van der Waals surface area (Å²) in [6.45, 7) is 8.95. The van der Waals surface area contributed by atoms with Crippen molar-refractivity contribution in [3.05, 3.63) is 0 Å². The van der Waals surface area contributed by atoms with Gasteiger partial charge in [0, 0.05) is 0 Å². The number of hydrogen-bond donors (Lipinski definition) is 1. The highest BCUT2D eigenvalue weighted by atomic mass is 16.5. The normalized spacial score (nSPS) is 56.6. The van der Waals surface area contributed by atoms with E-state index in [0.29, 0.717) is 11.8 Å². The van der Waals surface area contributed by atoms with Crippen LogP contribution in [0.5, 0.6) is 0 Å². The van der Waals surface area contributed by atoms with Crippen LogP contribution in [0.2, 0.25) is 0 Å². The van der Waals surface area contributed by atoms with E-state index in [9.17, 15) is 5.11 Å². The number of hydrogen-bond acceptors (Lipinski definition) is 2. The van der Waals surface area contributed by atoms with Crippen molar-refractivity contribution in [2.45, 2.75) is 77.1 Å². The highest BCUT2D eigenvalue weighted by molar-refractivity contribution is 5.16. The summed E-state index contributed by atoms with van der Waals surface area (Å²) in [6.07, 6.45) is 5.66. The molecule has 3 fully saturated rings. The van der Waals surface area contributed by atoms with Crippen LogP contribution in [-0.4, -0.2) is 22.4 Å². The molecule has 3 rings (SSSR count). The van der Waals surface area contributed by atoms with E-state index in [1.807, 2.05) is 0 Å². The Bertz CT molecular complexity index is 338. The molecule has 1 saturated heterocycles. The maximum Gasteiger partial charge on any atom is 0.101 e. The molecule has 0 radical (unpaired) electrons. The Kier molecular flexibility index (Phi) is 2.30. The highest BCUT2D eigenvalue weighted by Gasteiger charge is 2.67. The summed E-state index contributed by atoms with van der Waals surface area (Å²) in [5.41, 5.74) is -0.101. The fourth-order valence-electron chi connectivity index (χ4n) is 4.77. The lowest BCUT2D eigenvalue weighted by Gasteiger charge is -2.56. The number of aliphatic hydroxyl groups is 1. The van der Waals surface area contributed by atoms with Gasteiger partial charge in [-0.2, -0.15) is 0 Å². The molecule has 0 unspecified atom stereocenters. The summed E-state index contributed by atoms with van der Waals surface area (Å²) < 4.78 is 6.50. The third-order valence-electron chi connectivity index (χ3n) is 6.21. The predicted octanol–water partition coefficient (Wildman–Crippen LogP) is 3.13. The topological polar surface area (TPSA) is 29.5 Å². The molecule has 1 heterocycles. The van der Waals surface area contributed by atoms with E-state index in [4.69, 9.17) is 4.74 Å². The first-order valence-corrected chi connectivity index (χ1v) is 7.19. The van der Waals surface area contributed by atoms with E-state index in [1.165, 1.54) is 19.3 Å². The second-order valence-corrected chi connectivity index (χ2v) is 7.56. The second kappa shape index (κ2) is 3.27. The SMILES string of the molecule is C[C@H]1CC[C@@]2(C)CC[C@H]3C[C@@]2(OC3(C)C)[C@@H]1O. The van der Waals surface area contributed by atoms with Gasteiger partial charge in [0.2, 0.25) is 0 Å². The molecule has 0 aromatic carbocycles. The number of ether oxygens (including phenoxy) is 1. The molecule has 0 amide bonds. The lowest BCUT2D eigenvalue weighted by molar-refractivity contribution is -0.231. The molecule has 17 heavy (non-hydrogen) atoms. The zero-order valence-electron chi connectivity index (χ0n) is 11.6. The van der Waals surface area contributed by atoms with Crippen molar-refractivity contribution >= 4 is 0 Å². The summed E-state index contributed by atoms with van der Waals surface area (Å²) in [6, 6.07) is 0. The predicted molar refractivity (Wildman–Crippen MR) is 67.7 cm³/mol. The van der Waals surface area contributed by atoms with Gasteiger partial charge in [-0.25, -0.2) is 0 Å². The van der Waals surface area contributed by atoms with E-state index < -0.39 is 0 Å². The molecule has 2 bridgehead atoms.